The number of allylic oxidation sites excluding steroid dienone is 1. The molecule has 8 atom stereocenters. The average Bonchev–Trinajstić information content (AvgIpc) is 3.72. The number of hydrogen-bond acceptors (Lipinski definition) is 7. The van der Waals surface area contributed by atoms with Crippen molar-refractivity contribution in [2.45, 2.75) is 75.6 Å². The van der Waals surface area contributed by atoms with Crippen molar-refractivity contribution in [3.8, 4) is 0 Å². The number of esters is 1. The number of hydrogen-bond donors (Lipinski definition) is 1. The zero-order valence-corrected chi connectivity index (χ0v) is 27.3. The quantitative estimate of drug-likeness (QED) is 0.392. The fraction of sp³-hybridized carbons (Fsp3) is 0.459. The summed E-state index contributed by atoms with van der Waals surface area (Å²) < 4.78 is 12.9. The van der Waals surface area contributed by atoms with Crippen LogP contribution < -0.4 is 0 Å². The fourth-order valence-electron chi connectivity index (χ4n) is 7.65. The van der Waals surface area contributed by atoms with E-state index in [1.165, 1.54) is 4.90 Å². The number of ether oxygens (including phenoxy) is 2. The number of nitrogens with zero attached hydrogens (tertiary/aromatic N) is 3. The van der Waals surface area contributed by atoms with Crippen LogP contribution in [-0.4, -0.2) is 93.5 Å². The first-order chi connectivity index (χ1) is 22.6. The first-order valence-electron chi connectivity index (χ1n) is 16.4. The Morgan fingerprint density at radius 2 is 1.64 bits per heavy atom. The normalized spacial score (nSPS) is 32.6. The lowest BCUT2D eigenvalue weighted by atomic mass is 9.74. The molecule has 1 N–H and O–H groups in total. The molecule has 0 aromatic heterocycles. The van der Waals surface area contributed by atoms with E-state index in [2.05, 4.69) is 0 Å². The van der Waals surface area contributed by atoms with Crippen molar-refractivity contribution in [2.24, 2.45) is 11.8 Å². The highest BCUT2D eigenvalue weighted by Crippen LogP contribution is 2.57. The van der Waals surface area contributed by atoms with Crippen LogP contribution in [0.2, 0.25) is 0 Å². The molecule has 10 nitrogen and oxygen atoms in total. The standard InChI is InChI=1S/C37H43N3O7/c1-23(2)39-21-13-7-12-18-29(42)38(4)24(3)32(26-16-10-6-11-17-26)46-36(45)30-28-19-20-37(47-28)31(30)34(43)40(33(37)35(39)44)27(22-41)25-14-8-5-9-15-25/h5-11,13-17,19-20,23-24,27-28,30-33,41H,12,18,21-22H2,1-4H3/b13-7-/t24-,27-,28+,30-,31-,32+,33+,37-/m1/s1. The van der Waals surface area contributed by atoms with E-state index in [-0.39, 0.29) is 30.8 Å². The third-order valence-corrected chi connectivity index (χ3v) is 10.2. The van der Waals surface area contributed by atoms with Crippen LogP contribution >= 0.6 is 0 Å². The third kappa shape index (κ3) is 5.57. The molecule has 2 fully saturated rings. The number of aliphatic hydroxyl groups excluding tert-OH is 1. The Morgan fingerprint density at radius 3 is 2.30 bits per heavy atom. The maximum absolute atomic E-state index is 14.8. The smallest absolute Gasteiger partial charge is 0.313 e. The number of carbonyl (C=O) groups is 4. The number of cyclic esters (lactones) is 1. The largest absolute Gasteiger partial charge is 0.455 e. The molecular weight excluding hydrogens is 598 g/mol. The van der Waals surface area contributed by atoms with E-state index in [1.807, 2.05) is 93.6 Å². The molecule has 0 radical (unpaired) electrons. The first-order valence-corrected chi connectivity index (χ1v) is 16.4. The van der Waals surface area contributed by atoms with Crippen molar-refractivity contribution >= 4 is 23.7 Å². The molecule has 4 heterocycles. The molecule has 248 valence electrons. The summed E-state index contributed by atoms with van der Waals surface area (Å²) in [6.45, 7) is 5.46. The predicted octanol–water partition coefficient (Wildman–Crippen LogP) is 3.59. The Kier molecular flexibility index (Phi) is 9.09. The number of aliphatic hydroxyl groups is 1. The number of benzene rings is 2. The highest BCUT2D eigenvalue weighted by molar-refractivity contribution is 5.99. The van der Waals surface area contributed by atoms with E-state index in [4.69, 9.17) is 9.47 Å². The van der Waals surface area contributed by atoms with Crippen LogP contribution in [0.3, 0.4) is 0 Å². The van der Waals surface area contributed by atoms with E-state index in [9.17, 15) is 24.3 Å². The van der Waals surface area contributed by atoms with E-state index in [0.29, 0.717) is 17.5 Å². The van der Waals surface area contributed by atoms with Gasteiger partial charge in [-0.25, -0.2) is 0 Å². The average molecular weight is 642 g/mol. The second-order valence-electron chi connectivity index (χ2n) is 13.2. The van der Waals surface area contributed by atoms with Crippen LogP contribution in [0.5, 0.6) is 0 Å². The van der Waals surface area contributed by atoms with E-state index >= 15 is 0 Å². The molecule has 5 bridgehead atoms. The fourth-order valence-corrected chi connectivity index (χ4v) is 7.65. The van der Waals surface area contributed by atoms with Gasteiger partial charge in [0.15, 0.2) is 0 Å². The molecule has 0 aliphatic carbocycles. The van der Waals surface area contributed by atoms with Gasteiger partial charge in [0.2, 0.25) is 17.7 Å². The zero-order valence-electron chi connectivity index (χ0n) is 27.3. The zero-order chi connectivity index (χ0) is 33.5. The molecule has 0 unspecified atom stereocenters. The van der Waals surface area contributed by atoms with Gasteiger partial charge in [-0.1, -0.05) is 85.0 Å². The molecule has 2 aromatic rings. The van der Waals surface area contributed by atoms with Gasteiger partial charge >= 0.3 is 5.97 Å². The van der Waals surface area contributed by atoms with Crippen LogP contribution in [0.25, 0.3) is 0 Å². The van der Waals surface area contributed by atoms with Crippen LogP contribution in [0, 0.1) is 11.8 Å². The molecule has 2 saturated heterocycles. The Morgan fingerprint density at radius 1 is 0.957 bits per heavy atom. The summed E-state index contributed by atoms with van der Waals surface area (Å²) in [7, 11) is 1.70. The van der Waals surface area contributed by atoms with Crippen LogP contribution in [-0.2, 0) is 28.7 Å². The summed E-state index contributed by atoms with van der Waals surface area (Å²) in [5, 5.41) is 10.8. The molecule has 6 rings (SSSR count). The van der Waals surface area contributed by atoms with Gasteiger partial charge in [0.1, 0.15) is 23.7 Å². The van der Waals surface area contributed by atoms with Gasteiger partial charge in [0, 0.05) is 26.1 Å². The highest BCUT2D eigenvalue weighted by Gasteiger charge is 2.74. The van der Waals surface area contributed by atoms with Gasteiger partial charge in [0.25, 0.3) is 0 Å². The van der Waals surface area contributed by atoms with Crippen molar-refractivity contribution < 1.29 is 33.8 Å². The minimum atomic E-state index is -1.43. The molecule has 3 amide bonds. The van der Waals surface area contributed by atoms with Crippen molar-refractivity contribution in [3.05, 3.63) is 96.1 Å². The molecule has 2 aromatic carbocycles. The van der Waals surface area contributed by atoms with Gasteiger partial charge in [0.05, 0.1) is 30.7 Å². The van der Waals surface area contributed by atoms with E-state index < -0.39 is 66.3 Å². The lowest BCUT2D eigenvalue weighted by Crippen LogP contribution is -2.58. The number of rotatable bonds is 5. The summed E-state index contributed by atoms with van der Waals surface area (Å²) in [6.07, 6.45) is 6.37. The maximum Gasteiger partial charge on any atom is 0.313 e. The Balaban J connectivity index is 1.48. The maximum atomic E-state index is 14.8. The topological polar surface area (TPSA) is 117 Å². The number of carbonyl (C=O) groups excluding carboxylic acids is 4. The third-order valence-electron chi connectivity index (χ3n) is 10.2. The highest BCUT2D eigenvalue weighted by atomic mass is 16.6. The van der Waals surface area contributed by atoms with Gasteiger partial charge in [-0.2, -0.15) is 0 Å². The predicted molar refractivity (Wildman–Crippen MR) is 173 cm³/mol. The summed E-state index contributed by atoms with van der Waals surface area (Å²) in [6, 6.07) is 15.6. The Bertz CT molecular complexity index is 1560. The minimum Gasteiger partial charge on any atom is -0.455 e. The van der Waals surface area contributed by atoms with Crippen LogP contribution in [0.4, 0.5) is 0 Å². The minimum absolute atomic E-state index is 0.105. The Labute approximate surface area is 275 Å². The molecule has 4 aliphatic heterocycles. The molecule has 1 spiro atoms. The number of amides is 3. The van der Waals surface area contributed by atoms with Gasteiger partial charge in [-0.05, 0) is 38.3 Å². The lowest BCUT2D eigenvalue weighted by Gasteiger charge is -2.40. The molecule has 4 aliphatic rings. The molecule has 10 heteroatoms. The summed E-state index contributed by atoms with van der Waals surface area (Å²) in [4.78, 5) is 61.8. The van der Waals surface area contributed by atoms with Crippen LogP contribution in [0.15, 0.2) is 85.0 Å². The van der Waals surface area contributed by atoms with Crippen molar-refractivity contribution in [2.75, 3.05) is 20.2 Å². The van der Waals surface area contributed by atoms with Crippen molar-refractivity contribution in [1.82, 2.24) is 14.7 Å². The van der Waals surface area contributed by atoms with Gasteiger partial charge in [-0.15, -0.1) is 0 Å². The van der Waals surface area contributed by atoms with Crippen molar-refractivity contribution in [3.63, 3.8) is 0 Å². The molecule has 47 heavy (non-hydrogen) atoms. The lowest BCUT2D eigenvalue weighted by molar-refractivity contribution is -0.164. The Hall–Kier alpha value is -4.28. The summed E-state index contributed by atoms with van der Waals surface area (Å²) in [5.41, 5.74) is -0.0561. The summed E-state index contributed by atoms with van der Waals surface area (Å²) >= 11 is 0. The number of likely N-dealkylation sites (N-methyl/N-ethyl adjacent to an activating group) is 1. The monoisotopic (exact) mass is 641 g/mol. The number of likely N-dealkylation sites (tertiary alicyclic amines) is 1. The molecular formula is C37H43N3O7. The SMILES string of the molecule is CC(C)N1C/C=C\CCC(=O)N(C)[C@H](C)[C@@H](c2ccccc2)OC(=O)[C@@H]2[C@@H]3C=C[C@]4(O3)[C@H](C1=O)N([C@H](CO)c1ccccc1)C(=O)[C@@H]24. The van der Waals surface area contributed by atoms with Crippen molar-refractivity contribution in [1.29, 1.82) is 0 Å². The van der Waals surface area contributed by atoms with E-state index in [0.717, 1.165) is 0 Å². The van der Waals surface area contributed by atoms with Gasteiger partial charge < -0.3 is 29.3 Å². The second kappa shape index (κ2) is 13.1. The first kappa shape index (κ1) is 32.7. The van der Waals surface area contributed by atoms with Gasteiger partial charge in [-0.3, -0.25) is 19.2 Å². The van der Waals surface area contributed by atoms with E-state index in [1.54, 1.807) is 29.0 Å². The summed E-state index contributed by atoms with van der Waals surface area (Å²) in [5.74, 6) is -3.62. The second-order valence-corrected chi connectivity index (χ2v) is 13.2. The molecule has 0 saturated carbocycles. The number of fused-ring (bicyclic) bond motifs is 2. The van der Waals surface area contributed by atoms with Crippen LogP contribution in [0.1, 0.15) is 56.9 Å².